The Balaban J connectivity index is 2.47. The van der Waals surface area contributed by atoms with Crippen LogP contribution in [0.2, 0.25) is 0 Å². The number of aliphatic carboxylic acids is 2. The van der Waals surface area contributed by atoms with Crippen molar-refractivity contribution < 1.29 is 19.8 Å². The minimum atomic E-state index is -0.982. The van der Waals surface area contributed by atoms with Gasteiger partial charge in [0.25, 0.3) is 0 Å². The molecule has 0 aromatic heterocycles. The molecule has 4 heteroatoms. The molecule has 0 fully saturated rings. The lowest BCUT2D eigenvalue weighted by Gasteiger charge is -2.26. The summed E-state index contributed by atoms with van der Waals surface area (Å²) >= 11 is 0. The van der Waals surface area contributed by atoms with Gasteiger partial charge in [-0.05, 0) is 24.0 Å². The molecule has 0 spiro atoms. The van der Waals surface area contributed by atoms with Gasteiger partial charge in [-0.1, -0.05) is 60.2 Å². The summed E-state index contributed by atoms with van der Waals surface area (Å²) in [6.45, 7) is 1.98. The fourth-order valence-electron chi connectivity index (χ4n) is 2.93. The van der Waals surface area contributed by atoms with Crippen molar-refractivity contribution >= 4 is 11.9 Å². The number of carboxylic acids is 2. The van der Waals surface area contributed by atoms with Crippen molar-refractivity contribution in [3.63, 3.8) is 0 Å². The Labute approximate surface area is 135 Å². The summed E-state index contributed by atoms with van der Waals surface area (Å²) < 4.78 is 0. The first-order chi connectivity index (χ1) is 11.0. The van der Waals surface area contributed by atoms with E-state index >= 15 is 0 Å². The lowest BCUT2D eigenvalue weighted by atomic mass is 9.77. The Kier molecular flexibility index (Phi) is 5.52. The van der Waals surface area contributed by atoms with Gasteiger partial charge >= 0.3 is 11.9 Å². The highest BCUT2D eigenvalue weighted by Crippen LogP contribution is 2.36. The van der Waals surface area contributed by atoms with E-state index in [0.29, 0.717) is 0 Å². The molecule has 0 radical (unpaired) electrons. The van der Waals surface area contributed by atoms with E-state index in [-0.39, 0.29) is 18.8 Å². The van der Waals surface area contributed by atoms with Crippen LogP contribution in [0.5, 0.6) is 0 Å². The van der Waals surface area contributed by atoms with Crippen LogP contribution >= 0.6 is 0 Å². The van der Waals surface area contributed by atoms with Crippen molar-refractivity contribution in [3.05, 3.63) is 71.3 Å². The summed E-state index contributed by atoms with van der Waals surface area (Å²) in [6.07, 6.45) is -0.362. The molecule has 2 rings (SSSR count). The quantitative estimate of drug-likeness (QED) is 0.817. The third-order valence-corrected chi connectivity index (χ3v) is 3.94. The molecule has 0 aliphatic rings. The minimum absolute atomic E-state index is 0.181. The van der Waals surface area contributed by atoms with Crippen LogP contribution in [-0.2, 0) is 9.59 Å². The smallest absolute Gasteiger partial charge is 0.303 e. The molecule has 1 atom stereocenters. The maximum atomic E-state index is 11.2. The van der Waals surface area contributed by atoms with Gasteiger partial charge < -0.3 is 10.2 Å². The maximum Gasteiger partial charge on any atom is 0.303 e. The lowest BCUT2D eigenvalue weighted by molar-refractivity contribution is -0.140. The van der Waals surface area contributed by atoms with Crippen LogP contribution in [0.25, 0.3) is 0 Å². The van der Waals surface area contributed by atoms with Gasteiger partial charge in [0.15, 0.2) is 0 Å². The maximum absolute atomic E-state index is 11.2. The van der Waals surface area contributed by atoms with Crippen molar-refractivity contribution in [2.75, 3.05) is 0 Å². The van der Waals surface area contributed by atoms with Crippen molar-refractivity contribution in [3.8, 4) is 0 Å². The van der Waals surface area contributed by atoms with Gasteiger partial charge in [-0.3, -0.25) is 9.59 Å². The molecule has 23 heavy (non-hydrogen) atoms. The van der Waals surface area contributed by atoms with Gasteiger partial charge in [-0.25, -0.2) is 0 Å². The van der Waals surface area contributed by atoms with E-state index in [1.807, 2.05) is 61.5 Å². The summed E-state index contributed by atoms with van der Waals surface area (Å²) in [5.74, 6) is -2.73. The van der Waals surface area contributed by atoms with Crippen molar-refractivity contribution in [2.24, 2.45) is 5.92 Å². The Morgan fingerprint density at radius 2 is 1.30 bits per heavy atom. The standard InChI is InChI=1S/C19H20O4/c1-13-7-9-15(10-8-13)19(14-5-3-2-4-6-14)16(11-17(20)21)12-18(22)23/h2-10,16,19H,11-12H2,1H3,(H,20,21)(H,22,23). The Morgan fingerprint density at radius 3 is 1.78 bits per heavy atom. The molecule has 0 aliphatic heterocycles. The second-order valence-corrected chi connectivity index (χ2v) is 5.75. The van der Waals surface area contributed by atoms with E-state index in [1.165, 1.54) is 0 Å². The summed E-state index contributed by atoms with van der Waals surface area (Å²) in [5.41, 5.74) is 2.98. The first-order valence-corrected chi connectivity index (χ1v) is 7.52. The normalized spacial score (nSPS) is 12.1. The molecule has 0 saturated heterocycles. The molecule has 0 bridgehead atoms. The molecule has 2 aromatic rings. The molecule has 2 N–H and O–H groups in total. The average molecular weight is 312 g/mol. The second kappa shape index (κ2) is 7.58. The minimum Gasteiger partial charge on any atom is -0.481 e. The topological polar surface area (TPSA) is 74.6 Å². The zero-order valence-electron chi connectivity index (χ0n) is 13.0. The fourth-order valence-corrected chi connectivity index (χ4v) is 2.93. The highest BCUT2D eigenvalue weighted by atomic mass is 16.4. The predicted molar refractivity (Wildman–Crippen MR) is 87.5 cm³/mol. The van der Waals surface area contributed by atoms with E-state index in [9.17, 15) is 19.8 Å². The first-order valence-electron chi connectivity index (χ1n) is 7.52. The van der Waals surface area contributed by atoms with Gasteiger partial charge in [-0.15, -0.1) is 0 Å². The highest BCUT2D eigenvalue weighted by Gasteiger charge is 2.29. The fraction of sp³-hybridized carbons (Fsp3) is 0.263. The van der Waals surface area contributed by atoms with Gasteiger partial charge in [0.1, 0.15) is 0 Å². The highest BCUT2D eigenvalue weighted by molar-refractivity contribution is 5.71. The lowest BCUT2D eigenvalue weighted by Crippen LogP contribution is -2.21. The molecule has 2 aromatic carbocycles. The zero-order chi connectivity index (χ0) is 16.8. The summed E-state index contributed by atoms with van der Waals surface area (Å²) in [7, 11) is 0. The number of benzene rings is 2. The molecule has 4 nitrogen and oxygen atoms in total. The van der Waals surface area contributed by atoms with E-state index < -0.39 is 17.9 Å². The van der Waals surface area contributed by atoms with Crippen LogP contribution in [-0.4, -0.2) is 22.2 Å². The number of carboxylic acid groups (broad SMARTS) is 2. The predicted octanol–water partition coefficient (Wildman–Crippen LogP) is 3.69. The monoisotopic (exact) mass is 312 g/mol. The molecular weight excluding hydrogens is 292 g/mol. The van der Waals surface area contributed by atoms with Crippen LogP contribution in [0, 0.1) is 12.8 Å². The van der Waals surface area contributed by atoms with E-state index in [1.54, 1.807) is 0 Å². The van der Waals surface area contributed by atoms with Crippen LogP contribution < -0.4 is 0 Å². The Hall–Kier alpha value is -2.62. The van der Waals surface area contributed by atoms with Crippen molar-refractivity contribution in [1.29, 1.82) is 0 Å². The molecule has 0 aliphatic carbocycles. The number of hydrogen-bond acceptors (Lipinski definition) is 2. The van der Waals surface area contributed by atoms with Crippen molar-refractivity contribution in [2.45, 2.75) is 25.7 Å². The molecule has 0 amide bonds. The summed E-state index contributed by atoms with van der Waals surface area (Å²) in [5, 5.41) is 18.4. The second-order valence-electron chi connectivity index (χ2n) is 5.75. The number of rotatable bonds is 7. The van der Waals surface area contributed by atoms with E-state index in [0.717, 1.165) is 16.7 Å². The van der Waals surface area contributed by atoms with Crippen LogP contribution in [0.4, 0.5) is 0 Å². The van der Waals surface area contributed by atoms with Gasteiger partial charge in [0.05, 0.1) is 0 Å². The molecular formula is C19H20O4. The third-order valence-electron chi connectivity index (χ3n) is 3.94. The van der Waals surface area contributed by atoms with Gasteiger partial charge in [0, 0.05) is 18.8 Å². The van der Waals surface area contributed by atoms with E-state index in [2.05, 4.69) is 0 Å². The molecule has 0 saturated carbocycles. The van der Waals surface area contributed by atoms with Crippen LogP contribution in [0.15, 0.2) is 54.6 Å². The summed E-state index contributed by atoms with van der Waals surface area (Å²) in [4.78, 5) is 22.4. The number of hydrogen-bond donors (Lipinski definition) is 2. The molecule has 0 heterocycles. The first kappa shape index (κ1) is 16.7. The zero-order valence-corrected chi connectivity index (χ0v) is 13.0. The summed E-state index contributed by atoms with van der Waals surface area (Å²) in [6, 6.07) is 17.3. The van der Waals surface area contributed by atoms with Crippen LogP contribution in [0.1, 0.15) is 35.4 Å². The molecule has 120 valence electrons. The Morgan fingerprint density at radius 1 is 0.826 bits per heavy atom. The third kappa shape index (κ3) is 4.68. The number of aryl methyl sites for hydroxylation is 1. The van der Waals surface area contributed by atoms with Gasteiger partial charge in [-0.2, -0.15) is 0 Å². The number of carbonyl (C=O) groups is 2. The largest absolute Gasteiger partial charge is 0.481 e. The Bertz CT molecular complexity index is 646. The van der Waals surface area contributed by atoms with Crippen LogP contribution in [0.3, 0.4) is 0 Å². The van der Waals surface area contributed by atoms with E-state index in [4.69, 9.17) is 0 Å². The molecule has 1 unspecified atom stereocenters. The average Bonchev–Trinajstić information content (AvgIpc) is 2.49. The van der Waals surface area contributed by atoms with Crippen molar-refractivity contribution in [1.82, 2.24) is 0 Å². The van der Waals surface area contributed by atoms with Gasteiger partial charge in [0.2, 0.25) is 0 Å². The SMILES string of the molecule is Cc1ccc(C(c2ccccc2)C(CC(=O)O)CC(=O)O)cc1.